The lowest BCUT2D eigenvalue weighted by Crippen LogP contribution is -2.48. The summed E-state index contributed by atoms with van der Waals surface area (Å²) in [5.74, 6) is -0.669. The van der Waals surface area contributed by atoms with Crippen molar-refractivity contribution in [3.63, 3.8) is 0 Å². The minimum absolute atomic E-state index is 0.296. The number of ether oxygens (including phenoxy) is 2. The molecule has 0 bridgehead atoms. The number of carbonyl (C=O) groups excluding carboxylic acids is 2. The molecule has 2 aliphatic rings. The molecule has 0 radical (unpaired) electrons. The van der Waals surface area contributed by atoms with Gasteiger partial charge in [0.15, 0.2) is 0 Å². The van der Waals surface area contributed by atoms with E-state index in [-0.39, 0.29) is 23.5 Å². The van der Waals surface area contributed by atoms with E-state index < -0.39 is 11.6 Å². The molecule has 0 saturated carbocycles. The van der Waals surface area contributed by atoms with Gasteiger partial charge < -0.3 is 19.2 Å². The van der Waals surface area contributed by atoms with Crippen LogP contribution in [0.1, 0.15) is 57.6 Å². The maximum Gasteiger partial charge on any atom is 0.339 e. The Bertz CT molecular complexity index is 1060. The van der Waals surface area contributed by atoms with Gasteiger partial charge in [0.1, 0.15) is 23.0 Å². The fourth-order valence-corrected chi connectivity index (χ4v) is 4.32. The molecule has 2 atom stereocenters. The summed E-state index contributed by atoms with van der Waals surface area (Å²) in [4.78, 5) is 37.1. The number of rotatable bonds is 3. The average molecular weight is 427 g/mol. The van der Waals surface area contributed by atoms with Crippen molar-refractivity contribution >= 4 is 22.9 Å². The molecule has 1 aromatic heterocycles. The second-order valence-corrected chi connectivity index (χ2v) is 9.40. The maximum absolute atomic E-state index is 12.6. The van der Waals surface area contributed by atoms with Crippen molar-refractivity contribution in [1.82, 2.24) is 5.32 Å². The van der Waals surface area contributed by atoms with Crippen molar-refractivity contribution in [2.45, 2.75) is 70.9 Å². The van der Waals surface area contributed by atoms with E-state index in [9.17, 15) is 14.4 Å². The molecule has 2 heterocycles. The fraction of sp³-hybridized carbons (Fsp3) is 0.542. The molecule has 1 aliphatic carbocycles. The standard InChI is InChI=1S/C24H29NO6/c1-24(2,3)31-23(28)19-11-8-14(13-25-19)21(26)29-15-9-10-17-16-6-4-5-7-18(16)22(27)30-20(17)12-15/h9-10,12,14,19,25H,4-8,11,13H2,1-3H3. The summed E-state index contributed by atoms with van der Waals surface area (Å²) >= 11 is 0. The summed E-state index contributed by atoms with van der Waals surface area (Å²) in [6.07, 6.45) is 4.72. The molecular formula is C24H29NO6. The average Bonchev–Trinajstić information content (AvgIpc) is 2.73. The van der Waals surface area contributed by atoms with E-state index in [0.29, 0.717) is 30.7 Å². The van der Waals surface area contributed by atoms with E-state index in [1.54, 1.807) is 12.1 Å². The summed E-state index contributed by atoms with van der Waals surface area (Å²) in [6.45, 7) is 5.83. The van der Waals surface area contributed by atoms with Gasteiger partial charge in [0.2, 0.25) is 0 Å². The van der Waals surface area contributed by atoms with Gasteiger partial charge >= 0.3 is 17.6 Å². The van der Waals surface area contributed by atoms with Crippen LogP contribution in [-0.2, 0) is 27.2 Å². The maximum atomic E-state index is 12.6. The highest BCUT2D eigenvalue weighted by Crippen LogP contribution is 2.29. The predicted octanol–water partition coefficient (Wildman–Crippen LogP) is 3.29. The summed E-state index contributed by atoms with van der Waals surface area (Å²) in [5, 5.41) is 4.01. The van der Waals surface area contributed by atoms with Crippen LogP contribution in [0.15, 0.2) is 27.4 Å². The molecule has 7 heteroatoms. The van der Waals surface area contributed by atoms with E-state index in [1.807, 2.05) is 26.8 Å². The smallest absolute Gasteiger partial charge is 0.339 e. The van der Waals surface area contributed by atoms with E-state index in [0.717, 1.165) is 42.2 Å². The zero-order chi connectivity index (χ0) is 22.2. The number of aryl methyl sites for hydroxylation is 1. The second kappa shape index (κ2) is 8.46. The Morgan fingerprint density at radius 3 is 2.48 bits per heavy atom. The number of esters is 2. The van der Waals surface area contributed by atoms with Gasteiger partial charge in [-0.2, -0.15) is 0 Å². The van der Waals surface area contributed by atoms with Crippen LogP contribution < -0.4 is 15.7 Å². The van der Waals surface area contributed by atoms with Crippen LogP contribution in [0.4, 0.5) is 0 Å². The molecule has 7 nitrogen and oxygen atoms in total. The number of benzene rings is 1. The fourth-order valence-electron chi connectivity index (χ4n) is 4.32. The van der Waals surface area contributed by atoms with Crippen LogP contribution in [-0.4, -0.2) is 30.1 Å². The zero-order valence-electron chi connectivity index (χ0n) is 18.3. The van der Waals surface area contributed by atoms with E-state index in [2.05, 4.69) is 5.32 Å². The molecule has 1 aliphatic heterocycles. The predicted molar refractivity (Wildman–Crippen MR) is 115 cm³/mol. The Hall–Kier alpha value is -2.67. The first kappa shape index (κ1) is 21.6. The first-order valence-electron chi connectivity index (χ1n) is 11.0. The second-order valence-electron chi connectivity index (χ2n) is 9.40. The third-order valence-electron chi connectivity index (χ3n) is 5.85. The molecule has 1 aromatic carbocycles. The molecule has 2 aromatic rings. The first-order valence-corrected chi connectivity index (χ1v) is 11.0. The Kier molecular flexibility index (Phi) is 5.88. The van der Waals surface area contributed by atoms with Crippen molar-refractivity contribution in [2.24, 2.45) is 5.92 Å². The van der Waals surface area contributed by atoms with Crippen LogP contribution in [0.3, 0.4) is 0 Å². The Morgan fingerprint density at radius 2 is 1.81 bits per heavy atom. The summed E-state index contributed by atoms with van der Waals surface area (Å²) in [6, 6.07) is 4.81. The number of fused-ring (bicyclic) bond motifs is 3. The van der Waals surface area contributed by atoms with Crippen LogP contribution in [0.2, 0.25) is 0 Å². The van der Waals surface area contributed by atoms with Crippen LogP contribution in [0.25, 0.3) is 11.0 Å². The molecule has 1 N–H and O–H groups in total. The summed E-state index contributed by atoms with van der Waals surface area (Å²) in [5.41, 5.74) is 1.44. The van der Waals surface area contributed by atoms with E-state index >= 15 is 0 Å². The first-order chi connectivity index (χ1) is 14.7. The van der Waals surface area contributed by atoms with Gasteiger partial charge in [-0.25, -0.2) is 4.79 Å². The molecule has 4 rings (SSSR count). The molecule has 0 spiro atoms. The third-order valence-corrected chi connectivity index (χ3v) is 5.85. The molecular weight excluding hydrogens is 398 g/mol. The number of hydrogen-bond donors (Lipinski definition) is 1. The number of piperidine rings is 1. The minimum Gasteiger partial charge on any atom is -0.459 e. The molecule has 31 heavy (non-hydrogen) atoms. The molecule has 166 valence electrons. The molecule has 0 amide bonds. The van der Waals surface area contributed by atoms with Gasteiger partial charge in [0.05, 0.1) is 5.92 Å². The highest BCUT2D eigenvalue weighted by molar-refractivity contribution is 5.84. The number of nitrogens with one attached hydrogen (secondary N) is 1. The molecule has 1 saturated heterocycles. The highest BCUT2D eigenvalue weighted by atomic mass is 16.6. The number of hydrogen-bond acceptors (Lipinski definition) is 7. The largest absolute Gasteiger partial charge is 0.459 e. The summed E-state index contributed by atoms with van der Waals surface area (Å²) < 4.78 is 16.5. The van der Waals surface area contributed by atoms with E-state index in [4.69, 9.17) is 13.9 Å². The van der Waals surface area contributed by atoms with Crippen LogP contribution >= 0.6 is 0 Å². The normalized spacial score (nSPS) is 21.4. The number of carbonyl (C=O) groups is 2. The van der Waals surface area contributed by atoms with Gasteiger partial charge in [-0.05, 0) is 77.0 Å². The van der Waals surface area contributed by atoms with E-state index in [1.165, 1.54) is 0 Å². The highest BCUT2D eigenvalue weighted by Gasteiger charge is 2.33. The van der Waals surface area contributed by atoms with Gasteiger partial charge in [-0.15, -0.1) is 0 Å². The third kappa shape index (κ3) is 4.82. The van der Waals surface area contributed by atoms with Crippen LogP contribution in [0, 0.1) is 5.92 Å². The Morgan fingerprint density at radius 1 is 1.06 bits per heavy atom. The van der Waals surface area contributed by atoms with Crippen molar-refractivity contribution in [3.05, 3.63) is 39.7 Å². The molecule has 1 fully saturated rings. The quantitative estimate of drug-likeness (QED) is 0.456. The topological polar surface area (TPSA) is 94.8 Å². The van der Waals surface area contributed by atoms with Gasteiger partial charge in [-0.1, -0.05) is 0 Å². The van der Waals surface area contributed by atoms with Crippen LogP contribution in [0.5, 0.6) is 5.75 Å². The Balaban J connectivity index is 1.41. The van der Waals surface area contributed by atoms with Crippen molar-refractivity contribution in [3.8, 4) is 5.75 Å². The van der Waals surface area contributed by atoms with Crippen molar-refractivity contribution in [2.75, 3.05) is 6.54 Å². The van der Waals surface area contributed by atoms with Crippen molar-refractivity contribution in [1.29, 1.82) is 0 Å². The Labute approximate surface area is 181 Å². The minimum atomic E-state index is -0.543. The zero-order valence-corrected chi connectivity index (χ0v) is 18.3. The van der Waals surface area contributed by atoms with Gasteiger partial charge in [0.25, 0.3) is 0 Å². The molecule has 2 unspecified atom stereocenters. The lowest BCUT2D eigenvalue weighted by Gasteiger charge is -2.29. The van der Waals surface area contributed by atoms with Gasteiger partial charge in [0, 0.05) is 23.6 Å². The van der Waals surface area contributed by atoms with Crippen molar-refractivity contribution < 1.29 is 23.5 Å². The lowest BCUT2D eigenvalue weighted by atomic mass is 9.91. The SMILES string of the molecule is CC(C)(C)OC(=O)C1CCC(C(=O)Oc2ccc3c4c(c(=O)oc3c2)CCCC4)CN1. The van der Waals surface area contributed by atoms with Gasteiger partial charge in [-0.3, -0.25) is 9.59 Å². The lowest BCUT2D eigenvalue weighted by molar-refractivity contribution is -0.159. The summed E-state index contributed by atoms with van der Waals surface area (Å²) in [7, 11) is 0. The monoisotopic (exact) mass is 427 g/mol.